The van der Waals surface area contributed by atoms with Crippen molar-refractivity contribution in [1.29, 1.82) is 0 Å². The Bertz CT molecular complexity index is 408. The van der Waals surface area contributed by atoms with Gasteiger partial charge >= 0.3 is 0 Å². The second-order valence-corrected chi connectivity index (χ2v) is 4.95. The van der Waals surface area contributed by atoms with Crippen molar-refractivity contribution in [2.75, 3.05) is 0 Å². The van der Waals surface area contributed by atoms with E-state index in [4.69, 9.17) is 17.3 Å². The number of benzene rings is 1. The van der Waals surface area contributed by atoms with Crippen LogP contribution in [-0.4, -0.2) is 16.3 Å². The van der Waals surface area contributed by atoms with Crippen LogP contribution in [0.25, 0.3) is 0 Å². The zero-order chi connectivity index (χ0) is 11.9. The second-order valence-electron chi connectivity index (χ2n) is 4.51. The largest absolute Gasteiger partial charge is 0.507 e. The van der Waals surface area contributed by atoms with Crippen LogP contribution >= 0.6 is 24.0 Å². The molecule has 1 fully saturated rings. The highest BCUT2D eigenvalue weighted by atomic mass is 35.5. The number of hydrogen-bond acceptors (Lipinski definition) is 3. The van der Waals surface area contributed by atoms with E-state index < -0.39 is 12.1 Å². The third-order valence-electron chi connectivity index (χ3n) is 3.13. The SMILES string of the molecule is Cc1cc(Cl)cc([C@@H](N)[C@@H](O)C2CC2)c1O.Cl. The average Bonchev–Trinajstić information content (AvgIpc) is 3.05. The number of halogens is 2. The van der Waals surface area contributed by atoms with Gasteiger partial charge in [-0.05, 0) is 43.4 Å². The average molecular weight is 278 g/mol. The molecule has 3 nitrogen and oxygen atoms in total. The predicted octanol–water partition coefficient (Wildman–Crippen LogP) is 2.55. The minimum Gasteiger partial charge on any atom is -0.507 e. The molecular weight excluding hydrogens is 261 g/mol. The molecule has 0 saturated heterocycles. The number of rotatable bonds is 3. The minimum absolute atomic E-state index is 0. The normalized spacial score (nSPS) is 18.4. The first-order chi connectivity index (χ1) is 7.50. The van der Waals surface area contributed by atoms with Gasteiger partial charge in [0.15, 0.2) is 0 Å². The van der Waals surface area contributed by atoms with E-state index >= 15 is 0 Å². The van der Waals surface area contributed by atoms with Crippen molar-refractivity contribution >= 4 is 24.0 Å². The van der Waals surface area contributed by atoms with Gasteiger partial charge in [0.05, 0.1) is 12.1 Å². The van der Waals surface area contributed by atoms with Crippen LogP contribution in [0.15, 0.2) is 12.1 Å². The van der Waals surface area contributed by atoms with Gasteiger partial charge in [-0.3, -0.25) is 0 Å². The van der Waals surface area contributed by atoms with Gasteiger partial charge in [-0.1, -0.05) is 11.6 Å². The van der Waals surface area contributed by atoms with Crippen molar-refractivity contribution in [2.24, 2.45) is 11.7 Å². The molecule has 0 aromatic heterocycles. The third kappa shape index (κ3) is 3.05. The maximum atomic E-state index is 9.94. The Morgan fingerprint density at radius 3 is 2.53 bits per heavy atom. The van der Waals surface area contributed by atoms with Crippen LogP contribution in [0, 0.1) is 12.8 Å². The molecule has 1 saturated carbocycles. The van der Waals surface area contributed by atoms with Crippen molar-refractivity contribution in [1.82, 2.24) is 0 Å². The number of aryl methyl sites for hydroxylation is 1. The van der Waals surface area contributed by atoms with Crippen molar-refractivity contribution in [3.05, 3.63) is 28.3 Å². The number of aromatic hydroxyl groups is 1. The van der Waals surface area contributed by atoms with Gasteiger partial charge in [0.2, 0.25) is 0 Å². The fraction of sp³-hybridized carbons (Fsp3) is 0.500. The van der Waals surface area contributed by atoms with E-state index in [1.165, 1.54) is 0 Å². The molecule has 0 aliphatic heterocycles. The molecule has 2 rings (SSSR count). The van der Waals surface area contributed by atoms with E-state index in [1.54, 1.807) is 19.1 Å². The lowest BCUT2D eigenvalue weighted by atomic mass is 9.96. The molecule has 1 aromatic carbocycles. The van der Waals surface area contributed by atoms with Gasteiger partial charge in [-0.25, -0.2) is 0 Å². The Morgan fingerprint density at radius 1 is 1.41 bits per heavy atom. The van der Waals surface area contributed by atoms with Crippen LogP contribution in [-0.2, 0) is 0 Å². The Morgan fingerprint density at radius 2 is 2.00 bits per heavy atom. The summed E-state index contributed by atoms with van der Waals surface area (Å²) in [5.74, 6) is 0.408. The lowest BCUT2D eigenvalue weighted by Crippen LogP contribution is -2.28. The second kappa shape index (κ2) is 5.44. The number of phenolic OH excluding ortho intramolecular Hbond substituents is 1. The molecule has 96 valence electrons. The Hall–Kier alpha value is -0.480. The molecule has 1 aromatic rings. The molecule has 0 amide bonds. The van der Waals surface area contributed by atoms with Gasteiger partial charge in [-0.2, -0.15) is 0 Å². The fourth-order valence-electron chi connectivity index (χ4n) is 1.93. The molecule has 1 aliphatic carbocycles. The zero-order valence-corrected chi connectivity index (χ0v) is 11.1. The van der Waals surface area contributed by atoms with Crippen LogP contribution < -0.4 is 5.73 Å². The van der Waals surface area contributed by atoms with Gasteiger partial charge in [0, 0.05) is 10.6 Å². The van der Waals surface area contributed by atoms with Gasteiger partial charge in [0.25, 0.3) is 0 Å². The Kier molecular flexibility index (Phi) is 4.67. The molecule has 0 spiro atoms. The summed E-state index contributed by atoms with van der Waals surface area (Å²) in [5.41, 5.74) is 7.16. The van der Waals surface area contributed by atoms with Gasteiger partial charge < -0.3 is 15.9 Å². The highest BCUT2D eigenvalue weighted by molar-refractivity contribution is 6.30. The molecule has 4 N–H and O–H groups in total. The van der Waals surface area contributed by atoms with E-state index in [0.29, 0.717) is 16.1 Å². The molecule has 5 heteroatoms. The smallest absolute Gasteiger partial charge is 0.123 e. The summed E-state index contributed by atoms with van der Waals surface area (Å²) in [5, 5.41) is 20.4. The van der Waals surface area contributed by atoms with Crippen molar-refractivity contribution < 1.29 is 10.2 Å². The number of hydrogen-bond donors (Lipinski definition) is 3. The lowest BCUT2D eigenvalue weighted by Gasteiger charge is -2.20. The van der Waals surface area contributed by atoms with E-state index in [-0.39, 0.29) is 24.1 Å². The molecule has 17 heavy (non-hydrogen) atoms. The molecular formula is C12H17Cl2NO2. The molecule has 0 bridgehead atoms. The van der Waals surface area contributed by atoms with Crippen LogP contribution in [0.3, 0.4) is 0 Å². The molecule has 2 atom stereocenters. The summed E-state index contributed by atoms with van der Waals surface area (Å²) in [6, 6.07) is 2.74. The maximum absolute atomic E-state index is 9.94. The predicted molar refractivity (Wildman–Crippen MR) is 70.8 cm³/mol. The zero-order valence-electron chi connectivity index (χ0n) is 9.56. The van der Waals surface area contributed by atoms with Gasteiger partial charge in [0.1, 0.15) is 5.75 Å². The van der Waals surface area contributed by atoms with E-state index in [9.17, 15) is 10.2 Å². The molecule has 1 aliphatic rings. The van der Waals surface area contributed by atoms with Crippen LogP contribution in [0.1, 0.15) is 30.0 Å². The standard InChI is InChI=1S/C12H16ClNO2.ClH/c1-6-4-8(13)5-9(11(6)15)10(14)12(16)7-2-3-7;/h4-5,7,10,12,15-16H,2-3,14H2,1H3;1H/t10-,12+;/m1./s1. The fourth-order valence-corrected chi connectivity index (χ4v) is 2.21. The van der Waals surface area contributed by atoms with Crippen LogP contribution in [0.2, 0.25) is 5.02 Å². The summed E-state index contributed by atoms with van der Waals surface area (Å²) in [7, 11) is 0. The minimum atomic E-state index is -0.594. The lowest BCUT2D eigenvalue weighted by molar-refractivity contribution is 0.121. The summed E-state index contributed by atoms with van der Waals surface area (Å²) in [6.45, 7) is 1.76. The first-order valence-electron chi connectivity index (χ1n) is 5.43. The van der Waals surface area contributed by atoms with Crippen molar-refractivity contribution in [3.8, 4) is 5.75 Å². The monoisotopic (exact) mass is 277 g/mol. The van der Waals surface area contributed by atoms with Crippen molar-refractivity contribution in [3.63, 3.8) is 0 Å². The molecule has 0 radical (unpaired) electrons. The number of aliphatic hydroxyl groups excluding tert-OH is 1. The van der Waals surface area contributed by atoms with E-state index in [1.807, 2.05) is 0 Å². The number of phenols is 1. The first kappa shape index (κ1) is 14.6. The Labute approximate surface area is 112 Å². The highest BCUT2D eigenvalue weighted by Crippen LogP contribution is 2.40. The summed E-state index contributed by atoms with van der Waals surface area (Å²) in [6.07, 6.45) is 1.42. The number of nitrogens with two attached hydrogens (primary N) is 1. The van der Waals surface area contributed by atoms with Gasteiger partial charge in [-0.15, -0.1) is 12.4 Å². The van der Waals surface area contributed by atoms with Crippen molar-refractivity contribution in [2.45, 2.75) is 31.9 Å². The third-order valence-corrected chi connectivity index (χ3v) is 3.35. The number of aliphatic hydroxyl groups is 1. The summed E-state index contributed by atoms with van der Waals surface area (Å²) < 4.78 is 0. The maximum Gasteiger partial charge on any atom is 0.123 e. The first-order valence-corrected chi connectivity index (χ1v) is 5.81. The van der Waals surface area contributed by atoms with E-state index in [0.717, 1.165) is 12.8 Å². The highest BCUT2D eigenvalue weighted by Gasteiger charge is 2.35. The Balaban J connectivity index is 0.00000144. The summed E-state index contributed by atoms with van der Waals surface area (Å²) >= 11 is 5.92. The van der Waals surface area contributed by atoms with E-state index in [2.05, 4.69) is 0 Å². The van der Waals surface area contributed by atoms with Crippen LogP contribution in [0.5, 0.6) is 5.75 Å². The molecule has 0 heterocycles. The quantitative estimate of drug-likeness (QED) is 0.796. The summed E-state index contributed by atoms with van der Waals surface area (Å²) in [4.78, 5) is 0. The topological polar surface area (TPSA) is 66.5 Å². The molecule has 0 unspecified atom stereocenters. The van der Waals surface area contributed by atoms with Crippen LogP contribution in [0.4, 0.5) is 0 Å².